The van der Waals surface area contributed by atoms with E-state index in [4.69, 9.17) is 5.84 Å². The Kier molecular flexibility index (Phi) is 2.76. The fourth-order valence-electron chi connectivity index (χ4n) is 0.752. The third kappa shape index (κ3) is 2.12. The summed E-state index contributed by atoms with van der Waals surface area (Å²) < 4.78 is 0. The third-order valence-electron chi connectivity index (χ3n) is 1.44. The Morgan fingerprint density at radius 1 is 1.46 bits per heavy atom. The van der Waals surface area contributed by atoms with E-state index in [1.165, 1.54) is 4.90 Å². The second-order valence-corrected chi connectivity index (χ2v) is 2.65. The lowest BCUT2D eigenvalue weighted by atomic mass is 10.3. The van der Waals surface area contributed by atoms with E-state index in [0.29, 0.717) is 11.5 Å². The molecule has 0 fully saturated rings. The van der Waals surface area contributed by atoms with Gasteiger partial charge in [0.05, 0.1) is 0 Å². The second kappa shape index (κ2) is 3.81. The van der Waals surface area contributed by atoms with E-state index in [1.807, 2.05) is 0 Å². The van der Waals surface area contributed by atoms with Crippen molar-refractivity contribution >= 4 is 11.7 Å². The molecule has 1 amide bonds. The zero-order valence-corrected chi connectivity index (χ0v) is 7.48. The molecule has 0 aromatic carbocycles. The maximum absolute atomic E-state index is 11.3. The number of nitrogens with zero attached hydrogens (tertiary/aromatic N) is 3. The van der Waals surface area contributed by atoms with Gasteiger partial charge in [-0.25, -0.2) is 5.84 Å². The van der Waals surface area contributed by atoms with Crippen LogP contribution in [-0.4, -0.2) is 35.1 Å². The number of amides is 1. The fourth-order valence-corrected chi connectivity index (χ4v) is 0.752. The van der Waals surface area contributed by atoms with E-state index in [1.54, 1.807) is 26.2 Å². The molecule has 6 heteroatoms. The molecule has 6 nitrogen and oxygen atoms in total. The summed E-state index contributed by atoms with van der Waals surface area (Å²) in [5, 5.41) is 7.35. The van der Waals surface area contributed by atoms with E-state index in [9.17, 15) is 4.79 Å². The van der Waals surface area contributed by atoms with Crippen molar-refractivity contribution in [2.24, 2.45) is 5.84 Å². The predicted octanol–water partition coefficient (Wildman–Crippen LogP) is -0.536. The number of rotatable bonds is 2. The molecule has 1 aromatic rings. The average molecular weight is 181 g/mol. The number of nitrogens with two attached hydrogens (primary N) is 1. The van der Waals surface area contributed by atoms with Gasteiger partial charge in [-0.2, -0.15) is 0 Å². The molecular formula is C7H11N5O. The van der Waals surface area contributed by atoms with Crippen LogP contribution in [0.4, 0.5) is 5.82 Å². The molecule has 0 radical (unpaired) electrons. The van der Waals surface area contributed by atoms with Crippen LogP contribution < -0.4 is 11.3 Å². The Morgan fingerprint density at radius 2 is 2.15 bits per heavy atom. The molecule has 0 spiro atoms. The van der Waals surface area contributed by atoms with Crippen LogP contribution in [0.25, 0.3) is 0 Å². The van der Waals surface area contributed by atoms with Crippen LogP contribution in [0, 0.1) is 0 Å². The number of aromatic nitrogens is 2. The topological polar surface area (TPSA) is 84.1 Å². The lowest BCUT2D eigenvalue weighted by molar-refractivity contribution is 0.0821. The summed E-state index contributed by atoms with van der Waals surface area (Å²) in [5.74, 6) is 5.33. The monoisotopic (exact) mass is 181 g/mol. The summed E-state index contributed by atoms with van der Waals surface area (Å²) in [7, 11) is 3.30. The number of carbonyl (C=O) groups is 1. The van der Waals surface area contributed by atoms with Gasteiger partial charge >= 0.3 is 0 Å². The molecule has 0 bridgehead atoms. The van der Waals surface area contributed by atoms with Gasteiger partial charge in [0.25, 0.3) is 5.91 Å². The van der Waals surface area contributed by atoms with Crippen molar-refractivity contribution in [1.29, 1.82) is 0 Å². The quantitative estimate of drug-likeness (QED) is 0.473. The first-order chi connectivity index (χ1) is 6.15. The van der Waals surface area contributed by atoms with Crippen molar-refractivity contribution in [3.63, 3.8) is 0 Å². The highest BCUT2D eigenvalue weighted by Crippen LogP contribution is 2.01. The van der Waals surface area contributed by atoms with Gasteiger partial charge in [-0.1, -0.05) is 0 Å². The molecule has 0 saturated carbocycles. The summed E-state index contributed by atoms with van der Waals surface area (Å²) in [6.07, 6.45) is 0. The Morgan fingerprint density at radius 3 is 2.54 bits per heavy atom. The summed E-state index contributed by atoms with van der Waals surface area (Å²) in [5.41, 5.74) is 2.62. The van der Waals surface area contributed by atoms with Crippen LogP contribution in [-0.2, 0) is 0 Å². The first kappa shape index (κ1) is 9.40. The molecule has 1 aromatic heterocycles. The molecule has 0 saturated heterocycles. The van der Waals surface area contributed by atoms with Crippen molar-refractivity contribution in [3.8, 4) is 0 Å². The van der Waals surface area contributed by atoms with Crippen LogP contribution in [0.5, 0.6) is 0 Å². The third-order valence-corrected chi connectivity index (χ3v) is 1.44. The number of hydrogen-bond donors (Lipinski definition) is 2. The maximum Gasteiger partial charge on any atom is 0.273 e. The van der Waals surface area contributed by atoms with E-state index >= 15 is 0 Å². The van der Waals surface area contributed by atoms with Crippen molar-refractivity contribution in [2.75, 3.05) is 19.5 Å². The van der Waals surface area contributed by atoms with Crippen LogP contribution >= 0.6 is 0 Å². The Labute approximate surface area is 75.7 Å². The highest BCUT2D eigenvalue weighted by Gasteiger charge is 2.09. The van der Waals surface area contributed by atoms with Crippen LogP contribution in [0.2, 0.25) is 0 Å². The van der Waals surface area contributed by atoms with Gasteiger partial charge in [0.15, 0.2) is 11.5 Å². The number of hydrogen-bond acceptors (Lipinski definition) is 5. The molecule has 3 N–H and O–H groups in total. The smallest absolute Gasteiger partial charge is 0.273 e. The van der Waals surface area contributed by atoms with Crippen molar-refractivity contribution in [3.05, 3.63) is 17.8 Å². The number of nitrogen functional groups attached to an aromatic ring is 1. The minimum Gasteiger partial charge on any atom is -0.343 e. The Balaban J connectivity index is 2.86. The molecule has 0 aliphatic carbocycles. The van der Waals surface area contributed by atoms with Gasteiger partial charge in [0.2, 0.25) is 0 Å². The molecule has 70 valence electrons. The first-order valence-electron chi connectivity index (χ1n) is 3.67. The summed E-state index contributed by atoms with van der Waals surface area (Å²) >= 11 is 0. The zero-order valence-electron chi connectivity index (χ0n) is 7.48. The lowest BCUT2D eigenvalue weighted by Crippen LogP contribution is -2.23. The second-order valence-electron chi connectivity index (χ2n) is 2.65. The Bertz CT molecular complexity index is 294. The number of anilines is 1. The molecule has 1 rings (SSSR count). The van der Waals surface area contributed by atoms with Crippen molar-refractivity contribution in [1.82, 2.24) is 15.1 Å². The largest absolute Gasteiger partial charge is 0.343 e. The standard InChI is InChI=1S/C7H11N5O/c1-12(2)7(13)5-3-4-6(9-8)11-10-5/h3-4H,8H2,1-2H3,(H,9,11). The number of nitrogens with one attached hydrogen (secondary N) is 1. The summed E-state index contributed by atoms with van der Waals surface area (Å²) in [4.78, 5) is 12.7. The van der Waals surface area contributed by atoms with E-state index in [-0.39, 0.29) is 5.91 Å². The summed E-state index contributed by atoms with van der Waals surface area (Å²) in [6.45, 7) is 0. The lowest BCUT2D eigenvalue weighted by Gasteiger charge is -2.08. The predicted molar refractivity (Wildman–Crippen MR) is 47.9 cm³/mol. The van der Waals surface area contributed by atoms with Crippen molar-refractivity contribution < 1.29 is 4.79 Å². The van der Waals surface area contributed by atoms with E-state index in [0.717, 1.165) is 0 Å². The minimum atomic E-state index is -0.184. The molecule has 0 aliphatic heterocycles. The number of hydrazine groups is 1. The van der Waals surface area contributed by atoms with Crippen LogP contribution in [0.15, 0.2) is 12.1 Å². The van der Waals surface area contributed by atoms with Gasteiger partial charge < -0.3 is 10.3 Å². The van der Waals surface area contributed by atoms with Gasteiger partial charge in [-0.15, -0.1) is 10.2 Å². The van der Waals surface area contributed by atoms with E-state index in [2.05, 4.69) is 15.6 Å². The highest BCUT2D eigenvalue weighted by molar-refractivity contribution is 5.91. The summed E-state index contributed by atoms with van der Waals surface area (Å²) in [6, 6.07) is 3.15. The molecule has 0 atom stereocenters. The molecule has 0 unspecified atom stereocenters. The SMILES string of the molecule is CN(C)C(=O)c1ccc(NN)nn1. The van der Waals surface area contributed by atoms with Gasteiger partial charge in [0.1, 0.15) is 0 Å². The average Bonchev–Trinajstić information content (AvgIpc) is 2.17. The van der Waals surface area contributed by atoms with Crippen LogP contribution in [0.1, 0.15) is 10.5 Å². The minimum absolute atomic E-state index is 0.184. The number of carbonyl (C=O) groups excluding carboxylic acids is 1. The maximum atomic E-state index is 11.3. The first-order valence-corrected chi connectivity index (χ1v) is 3.67. The molecule has 0 aliphatic rings. The van der Waals surface area contributed by atoms with Gasteiger partial charge in [0, 0.05) is 14.1 Å². The fraction of sp³-hybridized carbons (Fsp3) is 0.286. The molecule has 1 heterocycles. The molecule has 13 heavy (non-hydrogen) atoms. The molecular weight excluding hydrogens is 170 g/mol. The van der Waals surface area contributed by atoms with Crippen LogP contribution in [0.3, 0.4) is 0 Å². The zero-order chi connectivity index (χ0) is 9.84. The Hall–Kier alpha value is -1.69. The highest BCUT2D eigenvalue weighted by atomic mass is 16.2. The van der Waals surface area contributed by atoms with Gasteiger partial charge in [-0.05, 0) is 12.1 Å². The van der Waals surface area contributed by atoms with E-state index < -0.39 is 0 Å². The van der Waals surface area contributed by atoms with Gasteiger partial charge in [-0.3, -0.25) is 4.79 Å². The van der Waals surface area contributed by atoms with Crippen molar-refractivity contribution in [2.45, 2.75) is 0 Å². The normalized spacial score (nSPS) is 9.46.